The van der Waals surface area contributed by atoms with Gasteiger partial charge in [0.1, 0.15) is 17.0 Å². The highest BCUT2D eigenvalue weighted by atomic mass is 16.3. The number of aromatic hydroxyl groups is 1. The molecular weight excluding hydrogens is 358 g/mol. The molecule has 140 valence electrons. The Morgan fingerprint density at radius 1 is 1.07 bits per heavy atom. The predicted octanol–water partition coefficient (Wildman–Crippen LogP) is 3.87. The minimum Gasteiger partial charge on any atom is -0.508 e. The van der Waals surface area contributed by atoms with Gasteiger partial charge in [0, 0.05) is 23.1 Å². The molecule has 0 aliphatic rings. The lowest BCUT2D eigenvalue weighted by Crippen LogP contribution is -2.07. The summed E-state index contributed by atoms with van der Waals surface area (Å²) in [6, 6.07) is 11.3. The summed E-state index contributed by atoms with van der Waals surface area (Å²) < 4.78 is 7.81. The molecule has 5 aromatic rings. The van der Waals surface area contributed by atoms with Gasteiger partial charge in [-0.05, 0) is 43.7 Å². The SMILES string of the molecule is CC(C)n1[nH]c(=O)c2c(-c3ccc(O)cc3)c3oc4cc(=O)ccc4c3[nH]c21. The maximum Gasteiger partial charge on any atom is 0.274 e. The molecule has 3 N–H and O–H groups in total. The van der Waals surface area contributed by atoms with E-state index in [4.69, 9.17) is 4.42 Å². The lowest BCUT2D eigenvalue weighted by Gasteiger charge is -2.10. The number of phenols is 1. The Bertz CT molecular complexity index is 1480. The molecule has 0 radical (unpaired) electrons. The number of hydrogen-bond acceptors (Lipinski definition) is 4. The molecule has 2 aromatic carbocycles. The standard InChI is InChI=1S/C21H17N3O4/c1-10(2)24-20-17(21(27)23-24)16(11-3-5-12(25)6-4-11)19-18(22-20)14-8-7-13(26)9-15(14)28-19/h3-10,22,25H,1-2H3,(H,23,27). The third-order valence-corrected chi connectivity index (χ3v) is 4.98. The van der Waals surface area contributed by atoms with Gasteiger partial charge in [-0.3, -0.25) is 19.4 Å². The molecule has 3 aromatic heterocycles. The number of hydrogen-bond donors (Lipinski definition) is 3. The normalized spacial score (nSPS) is 12.0. The summed E-state index contributed by atoms with van der Waals surface area (Å²) in [5.74, 6) is 0.132. The second-order valence-corrected chi connectivity index (χ2v) is 7.14. The Labute approximate surface area is 157 Å². The van der Waals surface area contributed by atoms with E-state index in [0.29, 0.717) is 33.3 Å². The third kappa shape index (κ3) is 2.22. The van der Waals surface area contributed by atoms with Gasteiger partial charge in [-0.2, -0.15) is 0 Å². The fourth-order valence-electron chi connectivity index (χ4n) is 3.70. The van der Waals surface area contributed by atoms with Crippen LogP contribution in [0.5, 0.6) is 5.75 Å². The molecular formula is C21H17N3O4. The highest BCUT2D eigenvalue weighted by Crippen LogP contribution is 2.38. The van der Waals surface area contributed by atoms with Crippen molar-refractivity contribution in [1.29, 1.82) is 0 Å². The molecule has 0 fully saturated rings. The van der Waals surface area contributed by atoms with Crippen molar-refractivity contribution >= 4 is 33.1 Å². The Hall–Kier alpha value is -3.74. The fourth-order valence-corrected chi connectivity index (χ4v) is 3.70. The predicted molar refractivity (Wildman–Crippen MR) is 108 cm³/mol. The van der Waals surface area contributed by atoms with Gasteiger partial charge in [0.2, 0.25) is 0 Å². The molecule has 0 atom stereocenters. The first kappa shape index (κ1) is 16.4. The molecule has 0 aliphatic heterocycles. The van der Waals surface area contributed by atoms with Crippen LogP contribution in [0.3, 0.4) is 0 Å². The van der Waals surface area contributed by atoms with Crippen molar-refractivity contribution in [3.8, 4) is 16.9 Å². The van der Waals surface area contributed by atoms with Gasteiger partial charge in [0.05, 0.1) is 10.9 Å². The molecule has 0 saturated heterocycles. The van der Waals surface area contributed by atoms with Crippen LogP contribution in [0.4, 0.5) is 0 Å². The van der Waals surface area contributed by atoms with Crippen molar-refractivity contribution in [1.82, 2.24) is 14.8 Å². The Morgan fingerprint density at radius 2 is 1.82 bits per heavy atom. The number of aromatic nitrogens is 3. The zero-order valence-corrected chi connectivity index (χ0v) is 15.2. The van der Waals surface area contributed by atoms with E-state index in [9.17, 15) is 14.7 Å². The van der Waals surface area contributed by atoms with E-state index in [1.165, 1.54) is 12.1 Å². The van der Waals surface area contributed by atoms with E-state index < -0.39 is 0 Å². The monoisotopic (exact) mass is 375 g/mol. The zero-order chi connectivity index (χ0) is 19.6. The second-order valence-electron chi connectivity index (χ2n) is 7.14. The van der Waals surface area contributed by atoms with Crippen LogP contribution in [0.15, 0.2) is 56.5 Å². The third-order valence-electron chi connectivity index (χ3n) is 4.98. The van der Waals surface area contributed by atoms with Gasteiger partial charge in [-0.25, -0.2) is 0 Å². The molecule has 28 heavy (non-hydrogen) atoms. The molecule has 0 bridgehead atoms. The number of benzene rings is 2. The van der Waals surface area contributed by atoms with Crippen molar-refractivity contribution in [3.05, 3.63) is 63.0 Å². The maximum absolute atomic E-state index is 12.8. The number of H-pyrrole nitrogens is 2. The van der Waals surface area contributed by atoms with Gasteiger partial charge in [0.15, 0.2) is 11.0 Å². The van der Waals surface area contributed by atoms with E-state index in [2.05, 4.69) is 10.1 Å². The number of furan rings is 1. The summed E-state index contributed by atoms with van der Waals surface area (Å²) in [7, 11) is 0. The summed E-state index contributed by atoms with van der Waals surface area (Å²) in [6.07, 6.45) is 0. The van der Waals surface area contributed by atoms with Crippen LogP contribution in [-0.4, -0.2) is 19.9 Å². The van der Waals surface area contributed by atoms with Crippen molar-refractivity contribution in [2.24, 2.45) is 0 Å². The average molecular weight is 375 g/mol. The molecule has 5 rings (SSSR count). The van der Waals surface area contributed by atoms with E-state index in [0.717, 1.165) is 10.9 Å². The molecule has 0 saturated carbocycles. The summed E-state index contributed by atoms with van der Waals surface area (Å²) in [5.41, 5.74) is 3.26. The van der Waals surface area contributed by atoms with Gasteiger partial charge >= 0.3 is 0 Å². The molecule has 0 unspecified atom stereocenters. The van der Waals surface area contributed by atoms with E-state index in [-0.39, 0.29) is 22.8 Å². The minimum absolute atomic E-state index is 0.0259. The first-order chi connectivity index (χ1) is 13.4. The minimum atomic E-state index is -0.241. The average Bonchev–Trinajstić information content (AvgIpc) is 3.18. The van der Waals surface area contributed by atoms with Gasteiger partial charge in [-0.1, -0.05) is 12.1 Å². The smallest absolute Gasteiger partial charge is 0.274 e. The number of fused-ring (bicyclic) bond motifs is 4. The molecule has 0 amide bonds. The van der Waals surface area contributed by atoms with Gasteiger partial charge in [0.25, 0.3) is 5.56 Å². The van der Waals surface area contributed by atoms with Crippen LogP contribution in [0.1, 0.15) is 19.9 Å². The molecule has 3 heterocycles. The Balaban J connectivity index is 2.05. The number of rotatable bonds is 2. The number of nitrogens with one attached hydrogen (secondary N) is 2. The first-order valence-corrected chi connectivity index (χ1v) is 8.96. The maximum atomic E-state index is 12.8. The van der Waals surface area contributed by atoms with Gasteiger partial charge in [-0.15, -0.1) is 0 Å². The van der Waals surface area contributed by atoms with Crippen LogP contribution in [0.25, 0.3) is 44.2 Å². The summed E-state index contributed by atoms with van der Waals surface area (Å²) in [4.78, 5) is 27.9. The van der Waals surface area contributed by atoms with Crippen LogP contribution in [0, 0.1) is 0 Å². The number of pyridine rings is 1. The van der Waals surface area contributed by atoms with Crippen LogP contribution < -0.4 is 11.0 Å². The van der Waals surface area contributed by atoms with E-state index in [1.807, 2.05) is 13.8 Å². The molecule has 7 nitrogen and oxygen atoms in total. The fraction of sp³-hybridized carbons (Fsp3) is 0.143. The van der Waals surface area contributed by atoms with Crippen LogP contribution >= 0.6 is 0 Å². The Morgan fingerprint density at radius 3 is 2.54 bits per heavy atom. The largest absolute Gasteiger partial charge is 0.508 e. The van der Waals surface area contributed by atoms with Crippen molar-refractivity contribution in [3.63, 3.8) is 0 Å². The van der Waals surface area contributed by atoms with Crippen molar-refractivity contribution in [2.75, 3.05) is 0 Å². The molecule has 7 heteroatoms. The second kappa shape index (κ2) is 5.63. The highest BCUT2D eigenvalue weighted by Gasteiger charge is 2.22. The lowest BCUT2D eigenvalue weighted by atomic mass is 10.0. The topological polar surface area (TPSA) is 104 Å². The van der Waals surface area contributed by atoms with Crippen molar-refractivity contribution in [2.45, 2.75) is 19.9 Å². The number of aromatic amines is 2. The number of nitrogens with zero attached hydrogens (tertiary/aromatic N) is 1. The lowest BCUT2D eigenvalue weighted by molar-refractivity contribution is 0.475. The van der Waals surface area contributed by atoms with Crippen molar-refractivity contribution < 1.29 is 9.52 Å². The van der Waals surface area contributed by atoms with E-state index >= 15 is 0 Å². The summed E-state index contributed by atoms with van der Waals surface area (Å²) >= 11 is 0. The summed E-state index contributed by atoms with van der Waals surface area (Å²) in [6.45, 7) is 3.95. The van der Waals surface area contributed by atoms with Crippen LogP contribution in [0.2, 0.25) is 0 Å². The highest BCUT2D eigenvalue weighted by molar-refractivity contribution is 6.14. The molecule has 0 aliphatic carbocycles. The summed E-state index contributed by atoms with van der Waals surface area (Å²) in [5, 5.41) is 13.8. The van der Waals surface area contributed by atoms with E-state index in [1.54, 1.807) is 35.0 Å². The van der Waals surface area contributed by atoms with Crippen LogP contribution in [-0.2, 0) is 0 Å². The zero-order valence-electron chi connectivity index (χ0n) is 15.2. The quantitative estimate of drug-likeness (QED) is 0.436. The molecule has 0 spiro atoms. The van der Waals surface area contributed by atoms with Gasteiger partial charge < -0.3 is 14.5 Å². The number of phenolic OH excluding ortho intramolecular Hbond substituents is 1. The first-order valence-electron chi connectivity index (χ1n) is 8.96. The Kier molecular flexibility index (Phi) is 3.30.